The zero-order chi connectivity index (χ0) is 15.5. The van der Waals surface area contributed by atoms with Crippen molar-refractivity contribution in [3.8, 4) is 0 Å². The third kappa shape index (κ3) is 3.42. The molecule has 1 aromatic rings. The first-order chi connectivity index (χ1) is 9.96. The molecule has 1 aliphatic heterocycles. The Bertz CT molecular complexity index is 581. The molecule has 0 unspecified atom stereocenters. The number of likely N-dealkylation sites (N-methyl/N-ethyl adjacent to an activating group) is 1. The minimum Gasteiger partial charge on any atom is -0.358 e. The highest BCUT2D eigenvalue weighted by Crippen LogP contribution is 2.17. The predicted molar refractivity (Wildman–Crippen MR) is 80.3 cm³/mol. The first-order valence-electron chi connectivity index (χ1n) is 6.97. The fourth-order valence-corrected chi connectivity index (χ4v) is 3.89. The van der Waals surface area contributed by atoms with Crippen LogP contribution in [0.5, 0.6) is 0 Å². The van der Waals surface area contributed by atoms with Crippen LogP contribution in [0.3, 0.4) is 0 Å². The highest BCUT2D eigenvalue weighted by molar-refractivity contribution is 7.89. The van der Waals surface area contributed by atoms with Crippen LogP contribution in [0.15, 0.2) is 35.2 Å². The van der Waals surface area contributed by atoms with E-state index in [2.05, 4.69) is 5.32 Å². The van der Waals surface area contributed by atoms with E-state index in [0.717, 1.165) is 0 Å². The van der Waals surface area contributed by atoms with Gasteiger partial charge in [0.2, 0.25) is 15.9 Å². The number of benzene rings is 1. The van der Waals surface area contributed by atoms with Crippen molar-refractivity contribution in [2.45, 2.75) is 17.9 Å². The molecule has 0 spiro atoms. The zero-order valence-electron chi connectivity index (χ0n) is 12.3. The van der Waals surface area contributed by atoms with Crippen LogP contribution in [0.4, 0.5) is 0 Å². The van der Waals surface area contributed by atoms with E-state index < -0.39 is 10.0 Å². The third-order valence-electron chi connectivity index (χ3n) is 3.83. The van der Waals surface area contributed by atoms with Crippen molar-refractivity contribution in [2.24, 2.45) is 0 Å². The molecule has 21 heavy (non-hydrogen) atoms. The van der Waals surface area contributed by atoms with E-state index in [1.165, 1.54) is 4.31 Å². The molecule has 1 aliphatic rings. The average molecular weight is 311 g/mol. The van der Waals surface area contributed by atoms with Crippen molar-refractivity contribution in [2.75, 3.05) is 33.2 Å². The number of amides is 1. The lowest BCUT2D eigenvalue weighted by Gasteiger charge is -2.36. The predicted octanol–water partition coefficient (Wildman–Crippen LogP) is 0.127. The van der Waals surface area contributed by atoms with Crippen molar-refractivity contribution < 1.29 is 13.2 Å². The number of sulfonamides is 1. The molecule has 1 heterocycles. The Balaban J connectivity index is 2.03. The van der Waals surface area contributed by atoms with Gasteiger partial charge in [0.05, 0.1) is 10.9 Å². The van der Waals surface area contributed by atoms with Gasteiger partial charge >= 0.3 is 0 Å². The number of carbonyl (C=O) groups is 1. The Labute approximate surface area is 125 Å². The van der Waals surface area contributed by atoms with E-state index >= 15 is 0 Å². The smallest absolute Gasteiger partial charge is 0.243 e. The second-order valence-electron chi connectivity index (χ2n) is 5.04. The maximum atomic E-state index is 12.5. The lowest BCUT2D eigenvalue weighted by molar-refractivity contribution is -0.125. The van der Waals surface area contributed by atoms with Gasteiger partial charge in [0.15, 0.2) is 0 Å². The maximum Gasteiger partial charge on any atom is 0.243 e. The monoisotopic (exact) mass is 311 g/mol. The van der Waals surface area contributed by atoms with Gasteiger partial charge in [-0.25, -0.2) is 8.42 Å². The molecule has 0 saturated carbocycles. The Morgan fingerprint density at radius 1 is 1.14 bits per heavy atom. The molecule has 6 nitrogen and oxygen atoms in total. The van der Waals surface area contributed by atoms with Gasteiger partial charge < -0.3 is 5.32 Å². The van der Waals surface area contributed by atoms with E-state index in [9.17, 15) is 13.2 Å². The van der Waals surface area contributed by atoms with Crippen molar-refractivity contribution in [3.63, 3.8) is 0 Å². The summed E-state index contributed by atoms with van der Waals surface area (Å²) in [4.78, 5) is 13.9. The van der Waals surface area contributed by atoms with Gasteiger partial charge in [-0.2, -0.15) is 4.31 Å². The zero-order valence-corrected chi connectivity index (χ0v) is 13.1. The summed E-state index contributed by atoms with van der Waals surface area (Å²) in [6.45, 7) is 3.75. The maximum absolute atomic E-state index is 12.5. The number of carbonyl (C=O) groups excluding carboxylic acids is 1. The van der Waals surface area contributed by atoms with Crippen LogP contribution in [0.1, 0.15) is 6.92 Å². The van der Waals surface area contributed by atoms with Crippen LogP contribution in [0.2, 0.25) is 0 Å². The second kappa shape index (κ2) is 6.55. The molecule has 0 aliphatic carbocycles. The highest BCUT2D eigenvalue weighted by atomic mass is 32.2. The molecular formula is C14H21N3O3S. The molecule has 116 valence electrons. The van der Waals surface area contributed by atoms with Crippen LogP contribution in [0, 0.1) is 0 Å². The quantitative estimate of drug-likeness (QED) is 0.858. The molecule has 1 saturated heterocycles. The van der Waals surface area contributed by atoms with E-state index in [0.29, 0.717) is 31.1 Å². The summed E-state index contributed by atoms with van der Waals surface area (Å²) in [5, 5.41) is 2.62. The van der Waals surface area contributed by atoms with Gasteiger partial charge in [0, 0.05) is 33.2 Å². The van der Waals surface area contributed by atoms with Gasteiger partial charge in [-0.05, 0) is 19.1 Å². The average Bonchev–Trinajstić information content (AvgIpc) is 2.54. The minimum atomic E-state index is -3.43. The summed E-state index contributed by atoms with van der Waals surface area (Å²) in [6, 6.07) is 8.20. The molecular weight excluding hydrogens is 290 g/mol. The number of rotatable bonds is 4. The van der Waals surface area contributed by atoms with Gasteiger partial charge in [0.25, 0.3) is 0 Å². The molecule has 0 radical (unpaired) electrons. The first-order valence-corrected chi connectivity index (χ1v) is 8.41. The lowest BCUT2D eigenvalue weighted by atomic mass is 10.2. The van der Waals surface area contributed by atoms with Crippen LogP contribution in [-0.2, 0) is 14.8 Å². The molecule has 1 amide bonds. The van der Waals surface area contributed by atoms with Crippen LogP contribution < -0.4 is 5.32 Å². The van der Waals surface area contributed by atoms with Crippen molar-refractivity contribution >= 4 is 15.9 Å². The Morgan fingerprint density at radius 3 is 2.24 bits per heavy atom. The summed E-state index contributed by atoms with van der Waals surface area (Å²) in [7, 11) is -1.82. The number of hydrogen-bond donors (Lipinski definition) is 1. The van der Waals surface area contributed by atoms with Gasteiger partial charge in [-0.1, -0.05) is 18.2 Å². The van der Waals surface area contributed by atoms with Crippen LogP contribution >= 0.6 is 0 Å². The normalized spacial score (nSPS) is 19.1. The van der Waals surface area contributed by atoms with Crippen LogP contribution in [-0.4, -0.2) is 62.8 Å². The van der Waals surface area contributed by atoms with E-state index in [-0.39, 0.29) is 11.9 Å². The number of hydrogen-bond acceptors (Lipinski definition) is 4. The fraction of sp³-hybridized carbons (Fsp3) is 0.500. The molecule has 0 aromatic heterocycles. The Morgan fingerprint density at radius 2 is 1.71 bits per heavy atom. The van der Waals surface area contributed by atoms with Crippen molar-refractivity contribution in [3.05, 3.63) is 30.3 Å². The highest BCUT2D eigenvalue weighted by Gasteiger charge is 2.31. The minimum absolute atomic E-state index is 0.0469. The summed E-state index contributed by atoms with van der Waals surface area (Å²) in [6.07, 6.45) is 0. The molecule has 2 rings (SSSR count). The summed E-state index contributed by atoms with van der Waals surface area (Å²) < 4.78 is 26.4. The molecule has 1 atom stereocenters. The second-order valence-corrected chi connectivity index (χ2v) is 6.98. The summed E-state index contributed by atoms with van der Waals surface area (Å²) >= 11 is 0. The Hall–Kier alpha value is -1.44. The fourth-order valence-electron chi connectivity index (χ4n) is 2.45. The van der Waals surface area contributed by atoms with Crippen LogP contribution in [0.25, 0.3) is 0 Å². The standard InChI is InChI=1S/C14H21N3O3S/c1-12(14(18)15-2)16-8-10-17(11-9-16)21(19,20)13-6-4-3-5-7-13/h3-7,12H,8-11H2,1-2H3,(H,15,18)/t12-/m1/s1. The molecule has 7 heteroatoms. The molecule has 1 aromatic carbocycles. The molecule has 0 bridgehead atoms. The van der Waals surface area contributed by atoms with E-state index in [1.807, 2.05) is 11.8 Å². The third-order valence-corrected chi connectivity index (χ3v) is 5.74. The SMILES string of the molecule is CNC(=O)[C@@H](C)N1CCN(S(=O)(=O)c2ccccc2)CC1. The lowest BCUT2D eigenvalue weighted by Crippen LogP contribution is -2.54. The van der Waals surface area contributed by atoms with Gasteiger partial charge in [-0.15, -0.1) is 0 Å². The first kappa shape index (κ1) is 15.9. The largest absolute Gasteiger partial charge is 0.358 e. The number of nitrogens with one attached hydrogen (secondary N) is 1. The van der Waals surface area contributed by atoms with E-state index in [1.54, 1.807) is 37.4 Å². The van der Waals surface area contributed by atoms with Crippen molar-refractivity contribution in [1.82, 2.24) is 14.5 Å². The number of piperazine rings is 1. The Kier molecular flexibility index (Phi) is 4.97. The van der Waals surface area contributed by atoms with Gasteiger partial charge in [0.1, 0.15) is 0 Å². The summed E-state index contributed by atoms with van der Waals surface area (Å²) in [5.74, 6) is -0.0469. The summed E-state index contributed by atoms with van der Waals surface area (Å²) in [5.41, 5.74) is 0. The molecule has 1 N–H and O–H groups in total. The van der Waals surface area contributed by atoms with E-state index in [4.69, 9.17) is 0 Å². The van der Waals surface area contributed by atoms with Gasteiger partial charge in [-0.3, -0.25) is 9.69 Å². The number of nitrogens with zero attached hydrogens (tertiary/aromatic N) is 2. The topological polar surface area (TPSA) is 69.7 Å². The molecule has 1 fully saturated rings. The van der Waals surface area contributed by atoms with Crippen molar-refractivity contribution in [1.29, 1.82) is 0 Å².